The smallest absolute Gasteiger partial charge is 0.259 e. The van der Waals surface area contributed by atoms with Gasteiger partial charge in [0, 0.05) is 22.2 Å². The van der Waals surface area contributed by atoms with Crippen LogP contribution in [0.5, 0.6) is 23.0 Å². The van der Waals surface area contributed by atoms with Gasteiger partial charge in [-0.3, -0.25) is 0 Å². The monoisotopic (exact) mass is 1120 g/mol. The summed E-state index contributed by atoms with van der Waals surface area (Å²) >= 11 is 0. The van der Waals surface area contributed by atoms with Gasteiger partial charge in [0.25, 0.3) is 6.71 Å². The fraction of sp³-hybridized carbons (Fsp3) is 0. The molecule has 3 aliphatic rings. The van der Waals surface area contributed by atoms with Gasteiger partial charge in [-0.05, 0) is 88.3 Å². The molecule has 0 unspecified atom stereocenters. The Kier molecular flexibility index (Phi) is 14.8. The highest BCUT2D eigenvalue weighted by Crippen LogP contribution is 2.46. The van der Waals surface area contributed by atoms with E-state index < -0.39 is 0 Å². The molecule has 3 nitrogen and oxygen atoms in total. The largest absolute Gasteiger partial charge is 0.460 e. The van der Waals surface area contributed by atoms with Crippen LogP contribution in [0.15, 0.2) is 0 Å². The number of hydrogen-bond donors (Lipinski definition) is 0. The van der Waals surface area contributed by atoms with Crippen molar-refractivity contribution in [1.29, 1.82) is 0 Å². The molecule has 0 bridgehead atoms. The second-order valence-electron chi connectivity index (χ2n) is 29.1. The van der Waals surface area contributed by atoms with Gasteiger partial charge in [-0.1, -0.05) is 109 Å². The summed E-state index contributed by atoms with van der Waals surface area (Å²) in [6, 6.07) is 0. The maximum atomic E-state index is 7.89. The first kappa shape index (κ1) is 63.3. The topological polar surface area (TPSA) is 23.4 Å². The van der Waals surface area contributed by atoms with Gasteiger partial charge in [-0.25, -0.2) is 0 Å². The molecule has 9 aromatic carbocycles. The number of ether oxygens (including phenoxy) is 2. The Morgan fingerprint density at radius 1 is 0.178 bits per heavy atom. The molecule has 0 spiro atoms. The van der Waals surface area contributed by atoms with Crippen LogP contribution in [0.2, 0.25) is 0 Å². The third-order valence-corrected chi connectivity index (χ3v) is 26.1. The Hall–Kier alpha value is -5.48. The lowest BCUT2D eigenvalue weighted by atomic mass is 9.30. The van der Waals surface area contributed by atoms with Crippen molar-refractivity contribution < 1.29 is 9.47 Å². The van der Waals surface area contributed by atoms with Crippen LogP contribution in [0.25, 0.3) is 83.1 Å². The van der Waals surface area contributed by atoms with E-state index in [0.717, 1.165) is 39.4 Å². The zero-order chi connectivity index (χ0) is 65.7. The second kappa shape index (κ2) is 21.0. The number of rotatable bonds is 2. The number of aromatic nitrogens is 1. The standard InChI is InChI=1S/C54H64B33NO2/c55-13-1-2-3(15(57)26(68)25(67)14(2)56)4-5(17(59)28(70)27(69)16(4)58)6-7(19(61)30(72)29(71)18(6)60)8(1)22(64)48(88-49-11(20(62)31(73)35(77)41(49)83)12-21(63)32(74)36(78)42(84)50(12)88)10(13)9-23(65)51-47-52(24(9)66)90-54-44(86)38(80)34(76)40(82)46(54)87(47)45-39(81)33(75)37(79)43(85)53(45)89-51/h55-86H2. The first-order valence-electron chi connectivity index (χ1n) is 33.4. The Balaban J connectivity index is 1.38. The number of hydrogen-bond acceptors (Lipinski definition) is 2. The van der Waals surface area contributed by atoms with Crippen molar-refractivity contribution in [2.45, 2.75) is 0 Å². The van der Waals surface area contributed by atoms with Gasteiger partial charge >= 0.3 is 0 Å². The molecule has 1 aromatic heterocycles. The van der Waals surface area contributed by atoms with Crippen LogP contribution in [0.1, 0.15) is 0 Å². The zero-order valence-electron chi connectivity index (χ0n) is 60.8. The van der Waals surface area contributed by atoms with Crippen molar-refractivity contribution in [3.63, 3.8) is 0 Å². The Bertz CT molecular complexity index is 5050. The molecule has 3 heterocycles. The zero-order valence-corrected chi connectivity index (χ0v) is 60.8. The Labute approximate surface area is 565 Å². The van der Waals surface area contributed by atoms with E-state index in [-0.39, 0.29) is 6.71 Å². The molecule has 13 rings (SSSR count). The van der Waals surface area contributed by atoms with Crippen molar-refractivity contribution in [3.8, 4) is 84.3 Å². The molecule has 0 radical (unpaired) electrons. The van der Waals surface area contributed by atoms with Crippen molar-refractivity contribution in [1.82, 2.24) is 4.57 Å². The average Bonchev–Trinajstić information content (AvgIpc) is 1.02. The maximum absolute atomic E-state index is 7.89. The van der Waals surface area contributed by atoms with E-state index in [1.165, 1.54) is 258 Å². The van der Waals surface area contributed by atoms with Crippen molar-refractivity contribution in [3.05, 3.63) is 0 Å². The minimum atomic E-state index is -0.0916. The summed E-state index contributed by atoms with van der Waals surface area (Å²) in [4.78, 5) is 0. The molecule has 0 saturated carbocycles. The summed E-state index contributed by atoms with van der Waals surface area (Å²) in [6.07, 6.45) is 0. The molecule has 396 valence electrons. The molecular formula is C54H64B33NO2. The van der Waals surface area contributed by atoms with Crippen LogP contribution in [0.3, 0.4) is 0 Å². The van der Waals surface area contributed by atoms with Gasteiger partial charge in [0.05, 0.1) is 0 Å². The van der Waals surface area contributed by atoms with Crippen molar-refractivity contribution in [2.24, 2.45) is 0 Å². The molecular weight excluding hydrogens is 1050 g/mol. The Morgan fingerprint density at radius 2 is 0.411 bits per heavy atom. The van der Waals surface area contributed by atoms with Crippen LogP contribution >= 0.6 is 0 Å². The summed E-state index contributed by atoms with van der Waals surface area (Å²) < 4.78 is 18.6. The molecule has 10 aromatic rings. The van der Waals surface area contributed by atoms with Crippen LogP contribution in [0, 0.1) is 0 Å². The van der Waals surface area contributed by atoms with Gasteiger partial charge in [-0.15, -0.1) is 54.6 Å². The minimum Gasteiger partial charge on any atom is -0.460 e. The SMILES string of the molecule is Bc1c(B)c(B)c2c(c1B)Oc1c(B)c(-c3c(B)c4c(c(B)c3-n3c5c(B)c(B)c(B)c(B)c5c5c(B)c(B)c(B)c(B)c53)-c3c(B)c(B)c(B)c(B)c3-c3c(B)c(B)c(B)c(B)c3-c3c(B)c(B)c(B)c(B)c3-4)c(B)c3c1B2c1c(B)c(B)c(B)c(B)c1O3. The summed E-state index contributed by atoms with van der Waals surface area (Å²) in [5, 5.41) is 2.72. The minimum absolute atomic E-state index is 0.0916. The van der Waals surface area contributed by atoms with Gasteiger partial charge in [0.1, 0.15) is 274 Å². The van der Waals surface area contributed by atoms with Gasteiger partial charge < -0.3 is 14.0 Å². The first-order valence-corrected chi connectivity index (χ1v) is 33.4. The van der Waals surface area contributed by atoms with Crippen molar-refractivity contribution in [2.75, 3.05) is 0 Å². The summed E-state index contributed by atoms with van der Waals surface area (Å²) in [7, 11) is 76.2. The van der Waals surface area contributed by atoms with Gasteiger partial charge in [0.15, 0.2) is 0 Å². The molecule has 0 atom stereocenters. The lowest BCUT2D eigenvalue weighted by Gasteiger charge is -2.41. The third kappa shape index (κ3) is 7.72. The fourth-order valence-electron chi connectivity index (χ4n) is 18.2. The molecule has 0 fully saturated rings. The predicted octanol–water partition coefficient (Wildman–Crippen LogP) is -43.6. The van der Waals surface area contributed by atoms with Gasteiger partial charge in [0.2, 0.25) is 0 Å². The van der Waals surface area contributed by atoms with E-state index in [9.17, 15) is 0 Å². The van der Waals surface area contributed by atoms with Gasteiger partial charge in [-0.2, -0.15) is 0 Å². The molecule has 90 heavy (non-hydrogen) atoms. The second-order valence-corrected chi connectivity index (χ2v) is 29.1. The molecule has 36 heteroatoms. The number of benzene rings is 9. The highest BCUT2D eigenvalue weighted by Gasteiger charge is 2.47. The average molecular weight is 1120 g/mol. The summed E-state index contributed by atoms with van der Waals surface area (Å²) in [6.45, 7) is -0.0916. The number of nitrogens with zero attached hydrogens (tertiary/aromatic N) is 1. The van der Waals surface area contributed by atoms with E-state index in [4.69, 9.17) is 9.47 Å². The summed E-state index contributed by atoms with van der Waals surface area (Å²) in [5.74, 6) is 3.85. The lowest BCUT2D eigenvalue weighted by molar-refractivity contribution is 0.474. The Morgan fingerprint density at radius 3 is 0.722 bits per heavy atom. The molecule has 1 aliphatic carbocycles. The lowest BCUT2D eigenvalue weighted by Crippen LogP contribution is -2.73. The van der Waals surface area contributed by atoms with Crippen LogP contribution in [-0.4, -0.2) is 262 Å². The summed E-state index contributed by atoms with van der Waals surface area (Å²) in [5.41, 5.74) is 63.1. The van der Waals surface area contributed by atoms with E-state index in [0.29, 0.717) is 0 Å². The first-order chi connectivity index (χ1) is 42.1. The van der Waals surface area contributed by atoms with E-state index >= 15 is 0 Å². The van der Waals surface area contributed by atoms with E-state index in [2.05, 4.69) is 256 Å². The van der Waals surface area contributed by atoms with E-state index in [1.54, 1.807) is 0 Å². The highest BCUT2D eigenvalue weighted by atomic mass is 16.5. The highest BCUT2D eigenvalue weighted by molar-refractivity contribution is 7.04. The molecule has 0 N–H and O–H groups in total. The fourth-order valence-corrected chi connectivity index (χ4v) is 18.2. The predicted molar refractivity (Wildman–Crippen MR) is 501 cm³/mol. The number of fused-ring (bicyclic) bond motifs is 15. The van der Waals surface area contributed by atoms with E-state index in [1.807, 2.05) is 0 Å². The third-order valence-electron chi connectivity index (χ3n) is 26.1. The normalized spacial score (nSPS) is 12.5. The molecule has 0 amide bonds. The van der Waals surface area contributed by atoms with Crippen LogP contribution in [-0.2, 0) is 0 Å². The molecule has 0 saturated heterocycles. The van der Waals surface area contributed by atoms with Crippen molar-refractivity contribution >= 4 is 471 Å². The quantitative estimate of drug-likeness (QED) is 0.161. The van der Waals surface area contributed by atoms with Crippen LogP contribution < -0.4 is 201 Å². The van der Waals surface area contributed by atoms with Crippen LogP contribution in [0.4, 0.5) is 0 Å². The maximum Gasteiger partial charge on any atom is 0.259 e. The molecule has 2 aliphatic heterocycles.